The zero-order valence-corrected chi connectivity index (χ0v) is 28.2. The van der Waals surface area contributed by atoms with Crippen LogP contribution in [0, 0.1) is 13.8 Å². The topological polar surface area (TPSA) is 97.8 Å². The van der Waals surface area contributed by atoms with Crippen molar-refractivity contribution in [3.63, 3.8) is 0 Å². The smallest absolute Gasteiger partial charge is 0.254 e. The molecule has 5 rings (SSSR count). The van der Waals surface area contributed by atoms with E-state index < -0.39 is 12.1 Å². The Hall–Kier alpha value is -4.05. The summed E-state index contributed by atoms with van der Waals surface area (Å²) in [4.78, 5) is 36.3. The predicted octanol–water partition coefficient (Wildman–Crippen LogP) is 5.86. The first-order chi connectivity index (χ1) is 22.1. The number of nitrogens with zero attached hydrogens (tertiary/aromatic N) is 3. The fraction of sp³-hybridized carbons (Fsp3) is 0.378. The zero-order chi connectivity index (χ0) is 32.8. The van der Waals surface area contributed by atoms with Crippen LogP contribution in [0.4, 0.5) is 5.69 Å². The summed E-state index contributed by atoms with van der Waals surface area (Å²) < 4.78 is 0. The van der Waals surface area contributed by atoms with Gasteiger partial charge in [-0.05, 0) is 69.4 Å². The molecule has 4 atom stereocenters. The summed E-state index contributed by atoms with van der Waals surface area (Å²) in [5.41, 5.74) is 5.88. The van der Waals surface area contributed by atoms with Gasteiger partial charge in [0.2, 0.25) is 0 Å². The molecule has 46 heavy (non-hydrogen) atoms. The van der Waals surface area contributed by atoms with Crippen LogP contribution in [0.1, 0.15) is 80.0 Å². The number of hydrogen-bond donors (Lipinski definition) is 3. The molecule has 242 valence electrons. The molecule has 1 saturated heterocycles. The molecular formula is C37H45N5O3S. The summed E-state index contributed by atoms with van der Waals surface area (Å²) in [5.74, 6) is -0.443. The van der Waals surface area contributed by atoms with Crippen molar-refractivity contribution in [2.45, 2.75) is 64.3 Å². The number of carbonyl (C=O) groups excluding carboxylic acids is 2. The predicted molar refractivity (Wildman–Crippen MR) is 186 cm³/mol. The van der Waals surface area contributed by atoms with Gasteiger partial charge in [-0.15, -0.1) is 11.3 Å². The molecule has 0 radical (unpaired) electrons. The van der Waals surface area contributed by atoms with Gasteiger partial charge in [-0.1, -0.05) is 60.2 Å². The first-order valence-corrected chi connectivity index (χ1v) is 16.8. The Bertz CT molecular complexity index is 1640. The van der Waals surface area contributed by atoms with Gasteiger partial charge in [0, 0.05) is 61.1 Å². The molecule has 8 nitrogen and oxygen atoms in total. The molecular weight excluding hydrogens is 595 g/mol. The third-order valence-electron chi connectivity index (χ3n) is 8.63. The second kappa shape index (κ2) is 15.0. The fourth-order valence-corrected chi connectivity index (χ4v) is 6.92. The molecule has 2 heterocycles. The molecule has 0 spiro atoms. The maximum Gasteiger partial charge on any atom is 0.254 e. The second-order valence-electron chi connectivity index (χ2n) is 12.5. The van der Waals surface area contributed by atoms with Crippen LogP contribution in [-0.2, 0) is 6.42 Å². The molecule has 0 aliphatic carbocycles. The highest BCUT2D eigenvalue weighted by molar-refractivity contribution is 7.09. The summed E-state index contributed by atoms with van der Waals surface area (Å²) in [7, 11) is 3.79. The van der Waals surface area contributed by atoms with E-state index in [1.807, 2.05) is 78.7 Å². The average Bonchev–Trinajstić information content (AvgIpc) is 3.72. The van der Waals surface area contributed by atoms with Crippen molar-refractivity contribution in [3.8, 4) is 0 Å². The van der Waals surface area contributed by atoms with E-state index >= 15 is 0 Å². The number of hydrogen-bond acceptors (Lipinski definition) is 7. The van der Waals surface area contributed by atoms with Crippen molar-refractivity contribution in [3.05, 3.63) is 117 Å². The molecule has 0 saturated carbocycles. The maximum absolute atomic E-state index is 13.9. The number of aryl methyl sites for hydroxylation is 2. The quantitative estimate of drug-likeness (QED) is 0.180. The Kier molecular flexibility index (Phi) is 10.9. The number of aromatic nitrogens is 1. The number of benzene rings is 3. The lowest BCUT2D eigenvalue weighted by molar-refractivity contribution is 0.0735. The van der Waals surface area contributed by atoms with E-state index in [4.69, 9.17) is 0 Å². The lowest BCUT2D eigenvalue weighted by Crippen LogP contribution is -2.49. The number of nitrogens with one attached hydrogen (secondary N) is 2. The Labute approximate surface area is 276 Å². The number of aliphatic hydroxyl groups is 1. The van der Waals surface area contributed by atoms with Gasteiger partial charge in [0.1, 0.15) is 5.01 Å². The van der Waals surface area contributed by atoms with Crippen LogP contribution >= 0.6 is 11.3 Å². The molecule has 3 N–H and O–H groups in total. The van der Waals surface area contributed by atoms with Gasteiger partial charge < -0.3 is 25.5 Å². The molecule has 3 aromatic carbocycles. The Morgan fingerprint density at radius 1 is 1.04 bits per heavy atom. The van der Waals surface area contributed by atoms with E-state index in [9.17, 15) is 14.7 Å². The number of thiazole rings is 1. The summed E-state index contributed by atoms with van der Waals surface area (Å²) in [6, 6.07) is 22.8. The monoisotopic (exact) mass is 639 g/mol. The summed E-state index contributed by atoms with van der Waals surface area (Å²) >= 11 is 1.59. The summed E-state index contributed by atoms with van der Waals surface area (Å²) in [6.45, 7) is 7.04. The minimum atomic E-state index is -0.860. The number of rotatable bonds is 12. The third kappa shape index (κ3) is 8.20. The lowest BCUT2D eigenvalue weighted by atomic mass is 9.99. The first-order valence-electron chi connectivity index (χ1n) is 16.0. The van der Waals surface area contributed by atoms with Crippen LogP contribution in [0.5, 0.6) is 0 Å². The largest absolute Gasteiger partial charge is 0.390 e. The maximum atomic E-state index is 13.9. The van der Waals surface area contributed by atoms with E-state index in [0.29, 0.717) is 30.6 Å². The van der Waals surface area contributed by atoms with Gasteiger partial charge in [0.25, 0.3) is 11.8 Å². The number of anilines is 1. The van der Waals surface area contributed by atoms with Gasteiger partial charge in [-0.3, -0.25) is 9.59 Å². The van der Waals surface area contributed by atoms with Gasteiger partial charge in [-0.25, -0.2) is 4.98 Å². The molecule has 0 bridgehead atoms. The van der Waals surface area contributed by atoms with Crippen LogP contribution in [0.15, 0.2) is 78.2 Å². The molecule has 1 aromatic heterocycles. The van der Waals surface area contributed by atoms with E-state index in [0.717, 1.165) is 40.4 Å². The van der Waals surface area contributed by atoms with E-state index in [1.165, 1.54) is 5.56 Å². The standard InChI is InChI=1S/C37H45N5O3S/c1-24-11-9-14-28(17-24)26(3)38-22-34(43)32(18-27-12-7-6-8-13-27)40-35(44)29-19-30(21-31(20-29)41(4)5)37(45)42-16-10-15-33(42)36-39-25(2)23-46-36/h6-9,11-14,17,19-21,23,26,32-34,38,43H,10,15-16,18,22H2,1-5H3,(H,40,44)/t26-,32-,33+,34+/m0/s1. The van der Waals surface area contributed by atoms with Crippen LogP contribution in [0.25, 0.3) is 0 Å². The fourth-order valence-electron chi connectivity index (χ4n) is 5.98. The van der Waals surface area contributed by atoms with Crippen molar-refractivity contribution in [1.29, 1.82) is 0 Å². The summed E-state index contributed by atoms with van der Waals surface area (Å²) in [5, 5.41) is 21.0. The highest BCUT2D eigenvalue weighted by atomic mass is 32.1. The van der Waals surface area contributed by atoms with E-state index in [2.05, 4.69) is 47.7 Å². The first kappa shape index (κ1) is 33.3. The second-order valence-corrected chi connectivity index (χ2v) is 13.4. The number of likely N-dealkylation sites (tertiary alicyclic amines) is 1. The number of carbonyl (C=O) groups is 2. The molecule has 0 unspecified atom stereocenters. The van der Waals surface area contributed by atoms with Gasteiger partial charge in [-0.2, -0.15) is 0 Å². The molecule has 1 aliphatic heterocycles. The van der Waals surface area contributed by atoms with Crippen molar-refractivity contribution in [1.82, 2.24) is 20.5 Å². The van der Waals surface area contributed by atoms with Crippen LogP contribution in [0.2, 0.25) is 0 Å². The highest BCUT2D eigenvalue weighted by Gasteiger charge is 2.33. The van der Waals surface area contributed by atoms with Crippen LogP contribution in [-0.4, -0.2) is 66.1 Å². The average molecular weight is 640 g/mol. The lowest BCUT2D eigenvalue weighted by Gasteiger charge is -2.27. The van der Waals surface area contributed by atoms with Crippen LogP contribution in [0.3, 0.4) is 0 Å². The van der Waals surface area contributed by atoms with Gasteiger partial charge in [0.15, 0.2) is 0 Å². The molecule has 2 amide bonds. The number of amides is 2. The van der Waals surface area contributed by atoms with Crippen molar-refractivity contribution >= 4 is 28.8 Å². The minimum absolute atomic E-state index is 0.0238. The van der Waals surface area contributed by atoms with Crippen molar-refractivity contribution in [2.75, 3.05) is 32.1 Å². The van der Waals surface area contributed by atoms with Crippen LogP contribution < -0.4 is 15.5 Å². The Morgan fingerprint density at radius 3 is 2.50 bits per heavy atom. The highest BCUT2D eigenvalue weighted by Crippen LogP contribution is 2.35. The van der Waals surface area contributed by atoms with E-state index in [-0.39, 0.29) is 23.9 Å². The third-order valence-corrected chi connectivity index (χ3v) is 9.70. The number of aliphatic hydroxyl groups excluding tert-OH is 1. The molecule has 1 fully saturated rings. The van der Waals surface area contributed by atoms with E-state index in [1.54, 1.807) is 23.5 Å². The molecule has 4 aromatic rings. The Balaban J connectivity index is 1.36. The molecule has 9 heteroatoms. The van der Waals surface area contributed by atoms with Gasteiger partial charge >= 0.3 is 0 Å². The minimum Gasteiger partial charge on any atom is -0.390 e. The van der Waals surface area contributed by atoms with Crippen molar-refractivity contribution < 1.29 is 14.7 Å². The van der Waals surface area contributed by atoms with Gasteiger partial charge in [0.05, 0.1) is 18.2 Å². The Morgan fingerprint density at radius 2 is 1.80 bits per heavy atom. The zero-order valence-electron chi connectivity index (χ0n) is 27.4. The normalized spacial score (nSPS) is 16.6. The summed E-state index contributed by atoms with van der Waals surface area (Å²) in [6.07, 6.45) is 1.37. The SMILES string of the molecule is Cc1cccc([C@H](C)NC[C@@H](O)[C@H](Cc2ccccc2)NC(=O)c2cc(C(=O)N3CCC[C@@H]3c3nc(C)cs3)cc(N(C)C)c2)c1. The van der Waals surface area contributed by atoms with Crippen molar-refractivity contribution in [2.24, 2.45) is 0 Å². The molecule has 1 aliphatic rings.